The average Bonchev–Trinajstić information content (AvgIpc) is 2.53. The Morgan fingerprint density at radius 1 is 1.19 bits per heavy atom. The molecule has 0 bridgehead atoms. The summed E-state index contributed by atoms with van der Waals surface area (Å²) in [5, 5.41) is 0.0351. The molecule has 1 rings (SSSR count). The van der Waals surface area contributed by atoms with Crippen LogP contribution in [0, 0.1) is 5.41 Å². The summed E-state index contributed by atoms with van der Waals surface area (Å²) in [6.07, 6.45) is 0.632. The van der Waals surface area contributed by atoms with Crippen LogP contribution in [0.5, 0.6) is 0 Å². The molecule has 0 spiro atoms. The number of Topliss-reactive ketones (excluding diaryl/α,β-unsaturated/α-hetero) is 2. The maximum Gasteiger partial charge on any atom is 0.328 e. The number of carbonyl (C=O) groups excluding carboxylic acids is 4. The van der Waals surface area contributed by atoms with Crippen LogP contribution in [0.2, 0.25) is 5.15 Å². The highest BCUT2D eigenvalue weighted by atomic mass is 35.5. The zero-order valence-electron chi connectivity index (χ0n) is 16.1. The van der Waals surface area contributed by atoms with Gasteiger partial charge in [0.05, 0.1) is 6.61 Å². The number of pyridine rings is 1. The Labute approximate surface area is 163 Å². The molecule has 1 aromatic rings. The van der Waals surface area contributed by atoms with Gasteiger partial charge >= 0.3 is 11.9 Å². The molecule has 1 heterocycles. The fourth-order valence-corrected chi connectivity index (χ4v) is 2.64. The third-order valence-electron chi connectivity index (χ3n) is 3.73. The predicted octanol–water partition coefficient (Wildman–Crippen LogP) is 3.18. The van der Waals surface area contributed by atoms with Gasteiger partial charge in [0.25, 0.3) is 0 Å². The minimum absolute atomic E-state index is 0.0277. The van der Waals surface area contributed by atoms with Crippen LogP contribution in [0.4, 0.5) is 0 Å². The van der Waals surface area contributed by atoms with Gasteiger partial charge in [0.15, 0.2) is 17.0 Å². The molecule has 148 valence electrons. The van der Waals surface area contributed by atoms with Crippen LogP contribution in [-0.4, -0.2) is 40.7 Å². The minimum atomic E-state index is -2.18. The number of esters is 2. The quantitative estimate of drug-likeness (QED) is 0.287. The van der Waals surface area contributed by atoms with Crippen molar-refractivity contribution in [2.24, 2.45) is 5.41 Å². The number of carbonyl (C=O) groups is 4. The van der Waals surface area contributed by atoms with Crippen molar-refractivity contribution in [1.29, 1.82) is 0 Å². The van der Waals surface area contributed by atoms with Gasteiger partial charge in [-0.1, -0.05) is 11.6 Å². The van der Waals surface area contributed by atoms with Crippen molar-refractivity contribution in [2.45, 2.75) is 53.1 Å². The van der Waals surface area contributed by atoms with Crippen LogP contribution in [-0.2, 0) is 23.9 Å². The van der Waals surface area contributed by atoms with E-state index in [0.29, 0.717) is 0 Å². The Morgan fingerprint density at radius 3 is 2.30 bits per heavy atom. The van der Waals surface area contributed by atoms with Gasteiger partial charge in [-0.05, 0) is 53.2 Å². The van der Waals surface area contributed by atoms with E-state index in [0.717, 1.165) is 6.92 Å². The Kier molecular flexibility index (Phi) is 7.65. The van der Waals surface area contributed by atoms with Crippen molar-refractivity contribution >= 4 is 35.1 Å². The lowest BCUT2D eigenvalue weighted by atomic mass is 9.73. The Hall–Kier alpha value is -2.28. The van der Waals surface area contributed by atoms with Crippen molar-refractivity contribution in [3.05, 3.63) is 29.0 Å². The summed E-state index contributed by atoms with van der Waals surface area (Å²) in [7, 11) is 0. The smallest absolute Gasteiger partial charge is 0.328 e. The first-order chi connectivity index (χ1) is 12.4. The third-order valence-corrected chi connectivity index (χ3v) is 3.94. The number of rotatable bonds is 8. The molecule has 0 aliphatic heterocycles. The molecule has 0 radical (unpaired) electrons. The molecule has 1 unspecified atom stereocenters. The van der Waals surface area contributed by atoms with Gasteiger partial charge in [0.1, 0.15) is 10.8 Å². The molecule has 0 aliphatic carbocycles. The van der Waals surface area contributed by atoms with Gasteiger partial charge in [0, 0.05) is 18.2 Å². The first-order valence-corrected chi connectivity index (χ1v) is 8.88. The Balaban J connectivity index is 3.41. The zero-order chi connectivity index (χ0) is 20.8. The van der Waals surface area contributed by atoms with Crippen molar-refractivity contribution < 1.29 is 28.7 Å². The summed E-state index contributed by atoms with van der Waals surface area (Å²) < 4.78 is 10.2. The van der Waals surface area contributed by atoms with E-state index in [4.69, 9.17) is 21.1 Å². The lowest BCUT2D eigenvalue weighted by Crippen LogP contribution is -2.49. The predicted molar refractivity (Wildman–Crippen MR) is 98.4 cm³/mol. The Morgan fingerprint density at radius 2 is 1.81 bits per heavy atom. The van der Waals surface area contributed by atoms with Gasteiger partial charge in [0.2, 0.25) is 0 Å². The topological polar surface area (TPSA) is 99.6 Å². The highest BCUT2D eigenvalue weighted by Crippen LogP contribution is 2.34. The van der Waals surface area contributed by atoms with Gasteiger partial charge in [-0.2, -0.15) is 0 Å². The molecule has 0 fully saturated rings. The molecule has 0 saturated heterocycles. The lowest BCUT2D eigenvalue weighted by molar-refractivity contribution is -0.167. The van der Waals surface area contributed by atoms with Crippen molar-refractivity contribution in [1.82, 2.24) is 4.98 Å². The monoisotopic (exact) mass is 397 g/mol. The van der Waals surface area contributed by atoms with Crippen LogP contribution in [0.15, 0.2) is 18.3 Å². The average molecular weight is 398 g/mol. The maximum atomic E-state index is 13.2. The Bertz CT molecular complexity index is 740. The van der Waals surface area contributed by atoms with Crippen LogP contribution in [0.3, 0.4) is 0 Å². The molecule has 8 heteroatoms. The van der Waals surface area contributed by atoms with Crippen LogP contribution < -0.4 is 0 Å². The van der Waals surface area contributed by atoms with E-state index in [-0.39, 0.29) is 30.2 Å². The molecular formula is C19H24ClNO6. The number of ketones is 2. The summed E-state index contributed by atoms with van der Waals surface area (Å²) >= 11 is 5.83. The van der Waals surface area contributed by atoms with E-state index in [1.54, 1.807) is 27.7 Å². The van der Waals surface area contributed by atoms with Crippen molar-refractivity contribution in [3.8, 4) is 0 Å². The van der Waals surface area contributed by atoms with Crippen LogP contribution in [0.1, 0.15) is 57.8 Å². The van der Waals surface area contributed by atoms with Gasteiger partial charge in [-0.15, -0.1) is 0 Å². The fourth-order valence-electron chi connectivity index (χ4n) is 2.47. The van der Waals surface area contributed by atoms with E-state index in [9.17, 15) is 19.2 Å². The molecule has 0 N–H and O–H groups in total. The molecule has 0 amide bonds. The third kappa shape index (κ3) is 5.85. The van der Waals surface area contributed by atoms with Gasteiger partial charge < -0.3 is 9.47 Å². The van der Waals surface area contributed by atoms with E-state index in [1.807, 2.05) is 0 Å². The first kappa shape index (κ1) is 22.8. The normalized spacial score (nSPS) is 13.4. The second kappa shape index (κ2) is 9.08. The summed E-state index contributed by atoms with van der Waals surface area (Å²) in [6.45, 7) is 7.76. The second-order valence-electron chi connectivity index (χ2n) is 6.96. The fraction of sp³-hybridized carbons (Fsp3) is 0.526. The molecule has 0 saturated carbocycles. The molecule has 7 nitrogen and oxygen atoms in total. The van der Waals surface area contributed by atoms with E-state index >= 15 is 0 Å². The summed E-state index contributed by atoms with van der Waals surface area (Å²) in [5.74, 6) is -3.14. The number of nitrogens with zero attached hydrogens (tertiary/aromatic N) is 1. The van der Waals surface area contributed by atoms with E-state index < -0.39 is 34.5 Å². The highest BCUT2D eigenvalue weighted by Gasteiger charge is 2.53. The van der Waals surface area contributed by atoms with Crippen molar-refractivity contribution in [3.63, 3.8) is 0 Å². The standard InChI is InChI=1S/C19H24ClNO6/c1-6-26-15(23)7-9-19(12(2)22,17(25)27-18(3,4)5)16(24)13-8-10-21-14(20)11-13/h8,10-11H,6-7,9H2,1-5H3. The van der Waals surface area contributed by atoms with E-state index in [2.05, 4.69) is 4.98 Å². The molecule has 1 aromatic heterocycles. The minimum Gasteiger partial charge on any atom is -0.466 e. The molecule has 0 aromatic carbocycles. The second-order valence-corrected chi connectivity index (χ2v) is 7.35. The van der Waals surface area contributed by atoms with E-state index in [1.165, 1.54) is 18.3 Å². The number of hydrogen-bond acceptors (Lipinski definition) is 7. The largest absolute Gasteiger partial charge is 0.466 e. The van der Waals surface area contributed by atoms with Gasteiger partial charge in [-0.3, -0.25) is 19.2 Å². The van der Waals surface area contributed by atoms with Crippen molar-refractivity contribution in [2.75, 3.05) is 6.61 Å². The van der Waals surface area contributed by atoms with Gasteiger partial charge in [-0.25, -0.2) is 4.98 Å². The molecular weight excluding hydrogens is 374 g/mol. The molecule has 0 aliphatic rings. The lowest BCUT2D eigenvalue weighted by Gasteiger charge is -2.31. The molecule has 1 atom stereocenters. The summed E-state index contributed by atoms with van der Waals surface area (Å²) in [6, 6.07) is 2.61. The number of halogens is 1. The summed E-state index contributed by atoms with van der Waals surface area (Å²) in [4.78, 5) is 54.3. The SMILES string of the molecule is CCOC(=O)CCC(C(C)=O)(C(=O)OC(C)(C)C)C(=O)c1ccnc(Cl)c1. The first-order valence-electron chi connectivity index (χ1n) is 8.50. The van der Waals surface area contributed by atoms with Crippen LogP contribution in [0.25, 0.3) is 0 Å². The zero-order valence-corrected chi connectivity index (χ0v) is 16.9. The number of hydrogen-bond donors (Lipinski definition) is 0. The summed E-state index contributed by atoms with van der Waals surface area (Å²) in [5.41, 5.74) is -3.08. The number of aromatic nitrogens is 1. The highest BCUT2D eigenvalue weighted by molar-refractivity contribution is 6.31. The number of ether oxygens (including phenoxy) is 2. The maximum absolute atomic E-state index is 13.2. The molecule has 27 heavy (non-hydrogen) atoms. The van der Waals surface area contributed by atoms with Crippen LogP contribution >= 0.6 is 11.6 Å².